The first-order valence-electron chi connectivity index (χ1n) is 13.1. The number of aromatic carboxylic acids is 1. The van der Waals surface area contributed by atoms with E-state index >= 15 is 0 Å². The third kappa shape index (κ3) is 4.63. The second-order valence-electron chi connectivity index (χ2n) is 11.7. The van der Waals surface area contributed by atoms with Crippen molar-refractivity contribution in [2.45, 2.75) is 52.5 Å². The third-order valence-electron chi connectivity index (χ3n) is 7.71. The van der Waals surface area contributed by atoms with E-state index in [4.69, 9.17) is 4.98 Å². The number of nitrogens with zero attached hydrogens (tertiary/aromatic N) is 6. The first kappa shape index (κ1) is 27.4. The van der Waals surface area contributed by atoms with Gasteiger partial charge in [-0.15, -0.1) is 0 Å². The molecule has 0 saturated carbocycles. The predicted molar refractivity (Wildman–Crippen MR) is 146 cm³/mol. The lowest BCUT2D eigenvalue weighted by Crippen LogP contribution is -2.61. The Hall–Kier alpha value is -4.15. The molecule has 1 fully saturated rings. The van der Waals surface area contributed by atoms with Crippen LogP contribution < -0.4 is 9.80 Å². The molecule has 0 bridgehead atoms. The van der Waals surface area contributed by atoms with E-state index < -0.39 is 28.6 Å². The molecule has 9 nitrogen and oxygen atoms in total. The van der Waals surface area contributed by atoms with Gasteiger partial charge in [-0.2, -0.15) is 0 Å². The fourth-order valence-electron chi connectivity index (χ4n) is 5.71. The minimum absolute atomic E-state index is 0.207. The monoisotopic (exact) mass is 550 g/mol. The molecule has 3 aromatic rings. The summed E-state index contributed by atoms with van der Waals surface area (Å²) in [6.07, 6.45) is 1.44. The largest absolute Gasteiger partial charge is 0.478 e. The van der Waals surface area contributed by atoms with E-state index in [1.54, 1.807) is 29.7 Å². The molecule has 210 valence electrons. The molecule has 1 saturated heterocycles. The molecule has 1 amide bonds. The highest BCUT2D eigenvalue weighted by Gasteiger charge is 2.42. The standard InChI is InChI=1S/C29H32F2N6O3/c1-16-11-22(33-17(2)23(16)27(39)40)35-9-10-37(29(5,6)15-35)26(38)21-13-32-25-24(34-21)28(3,4)14-36(25)18-7-8-19(30)20(31)12-18/h7-8,11-13H,9-10,14-15H2,1-6H3,(H,39,40). The van der Waals surface area contributed by atoms with Crippen LogP contribution >= 0.6 is 0 Å². The molecule has 0 radical (unpaired) electrons. The van der Waals surface area contributed by atoms with Gasteiger partial charge in [0.15, 0.2) is 17.5 Å². The second kappa shape index (κ2) is 9.50. The van der Waals surface area contributed by atoms with Crippen molar-refractivity contribution in [3.8, 4) is 0 Å². The van der Waals surface area contributed by atoms with Crippen LogP contribution in [0, 0.1) is 25.5 Å². The van der Waals surface area contributed by atoms with E-state index in [9.17, 15) is 23.5 Å². The lowest BCUT2D eigenvalue weighted by molar-refractivity contribution is 0.0506. The van der Waals surface area contributed by atoms with Crippen LogP contribution in [0.25, 0.3) is 0 Å². The van der Waals surface area contributed by atoms with E-state index in [0.717, 1.165) is 12.1 Å². The quantitative estimate of drug-likeness (QED) is 0.502. The number of aromatic nitrogens is 3. The van der Waals surface area contributed by atoms with Crippen LogP contribution in [-0.2, 0) is 5.41 Å². The number of halogens is 2. The van der Waals surface area contributed by atoms with Crippen LogP contribution in [-0.4, -0.2) is 68.6 Å². The van der Waals surface area contributed by atoms with Gasteiger partial charge >= 0.3 is 5.97 Å². The zero-order chi connectivity index (χ0) is 29.1. The number of piperazine rings is 1. The topological polar surface area (TPSA) is 103 Å². The molecular weight excluding hydrogens is 518 g/mol. The van der Waals surface area contributed by atoms with Crippen molar-refractivity contribution in [3.63, 3.8) is 0 Å². The van der Waals surface area contributed by atoms with Gasteiger partial charge in [0.1, 0.15) is 11.5 Å². The molecule has 1 N–H and O–H groups in total. The van der Waals surface area contributed by atoms with E-state index in [0.29, 0.717) is 60.5 Å². The fraction of sp³-hybridized carbons (Fsp3) is 0.414. The summed E-state index contributed by atoms with van der Waals surface area (Å²) in [6.45, 7) is 13.2. The maximum Gasteiger partial charge on any atom is 0.337 e. The maximum absolute atomic E-state index is 14.0. The van der Waals surface area contributed by atoms with Gasteiger partial charge < -0.3 is 19.8 Å². The van der Waals surface area contributed by atoms with Crippen LogP contribution in [0.2, 0.25) is 0 Å². The number of anilines is 3. The Morgan fingerprint density at radius 2 is 1.70 bits per heavy atom. The molecule has 5 rings (SSSR count). The van der Waals surface area contributed by atoms with Gasteiger partial charge in [0.2, 0.25) is 0 Å². The van der Waals surface area contributed by atoms with Crippen molar-refractivity contribution in [1.82, 2.24) is 19.9 Å². The van der Waals surface area contributed by atoms with Crippen molar-refractivity contribution in [2.75, 3.05) is 36.0 Å². The summed E-state index contributed by atoms with van der Waals surface area (Å²) in [6, 6.07) is 5.49. The van der Waals surface area contributed by atoms with Gasteiger partial charge in [-0.3, -0.25) is 4.79 Å². The van der Waals surface area contributed by atoms with E-state index in [1.807, 2.05) is 27.7 Å². The van der Waals surface area contributed by atoms with Gasteiger partial charge in [-0.05, 0) is 51.5 Å². The minimum Gasteiger partial charge on any atom is -0.478 e. The van der Waals surface area contributed by atoms with E-state index in [2.05, 4.69) is 14.9 Å². The summed E-state index contributed by atoms with van der Waals surface area (Å²) in [5.74, 6) is -1.92. The molecular formula is C29H32F2N6O3. The number of benzene rings is 1. The Morgan fingerprint density at radius 3 is 2.33 bits per heavy atom. The normalized spacial score (nSPS) is 17.6. The number of pyridine rings is 1. The summed E-state index contributed by atoms with van der Waals surface area (Å²) in [7, 11) is 0. The fourth-order valence-corrected chi connectivity index (χ4v) is 5.71. The number of carbonyl (C=O) groups excluding carboxylic acids is 1. The molecule has 0 unspecified atom stereocenters. The van der Waals surface area contributed by atoms with Crippen LogP contribution in [0.1, 0.15) is 65.5 Å². The number of aryl methyl sites for hydroxylation is 2. The average molecular weight is 551 g/mol. The lowest BCUT2D eigenvalue weighted by atomic mass is 9.92. The second-order valence-corrected chi connectivity index (χ2v) is 11.7. The summed E-state index contributed by atoms with van der Waals surface area (Å²) < 4.78 is 27.5. The van der Waals surface area contributed by atoms with Crippen molar-refractivity contribution in [1.29, 1.82) is 0 Å². The molecule has 40 heavy (non-hydrogen) atoms. The Morgan fingerprint density at radius 1 is 0.975 bits per heavy atom. The summed E-state index contributed by atoms with van der Waals surface area (Å²) >= 11 is 0. The van der Waals surface area contributed by atoms with Gasteiger partial charge in [0, 0.05) is 43.3 Å². The molecule has 4 heterocycles. The molecule has 1 aromatic carbocycles. The van der Waals surface area contributed by atoms with Crippen molar-refractivity contribution in [2.24, 2.45) is 0 Å². The van der Waals surface area contributed by atoms with Crippen LogP contribution in [0.15, 0.2) is 30.5 Å². The molecule has 0 spiro atoms. The Balaban J connectivity index is 1.39. The number of hydrogen-bond donors (Lipinski definition) is 1. The number of amides is 1. The summed E-state index contributed by atoms with van der Waals surface area (Å²) in [5, 5.41) is 9.48. The summed E-state index contributed by atoms with van der Waals surface area (Å²) in [5.41, 5.74) is 1.53. The highest BCUT2D eigenvalue weighted by Crippen LogP contribution is 2.42. The van der Waals surface area contributed by atoms with Crippen LogP contribution in [0.5, 0.6) is 0 Å². The molecule has 11 heteroatoms. The zero-order valence-electron chi connectivity index (χ0n) is 23.4. The van der Waals surface area contributed by atoms with Crippen LogP contribution in [0.4, 0.5) is 26.1 Å². The first-order chi connectivity index (χ1) is 18.7. The van der Waals surface area contributed by atoms with Gasteiger partial charge in [0.05, 0.1) is 28.7 Å². The first-order valence-corrected chi connectivity index (χ1v) is 13.1. The highest BCUT2D eigenvalue weighted by molar-refractivity contribution is 5.93. The number of fused-ring (bicyclic) bond motifs is 1. The Kier molecular flexibility index (Phi) is 6.51. The number of rotatable bonds is 4. The molecule has 2 aliphatic rings. The maximum atomic E-state index is 14.0. The number of carboxylic acids is 1. The Labute approximate surface area is 231 Å². The van der Waals surface area contributed by atoms with Gasteiger partial charge in [-0.1, -0.05) is 13.8 Å². The van der Waals surface area contributed by atoms with E-state index in [1.165, 1.54) is 12.3 Å². The minimum atomic E-state index is -1.00. The molecule has 0 atom stereocenters. The third-order valence-corrected chi connectivity index (χ3v) is 7.71. The van der Waals surface area contributed by atoms with E-state index in [-0.39, 0.29) is 17.2 Å². The van der Waals surface area contributed by atoms with Crippen molar-refractivity contribution >= 4 is 29.2 Å². The molecule has 2 aliphatic heterocycles. The number of carbonyl (C=O) groups is 2. The zero-order valence-corrected chi connectivity index (χ0v) is 23.4. The predicted octanol–water partition coefficient (Wildman–Crippen LogP) is 4.64. The average Bonchev–Trinajstić information content (AvgIpc) is 3.14. The lowest BCUT2D eigenvalue weighted by Gasteiger charge is -2.47. The van der Waals surface area contributed by atoms with Crippen LogP contribution in [0.3, 0.4) is 0 Å². The van der Waals surface area contributed by atoms with Crippen molar-refractivity contribution < 1.29 is 23.5 Å². The highest BCUT2D eigenvalue weighted by atomic mass is 19.2. The smallest absolute Gasteiger partial charge is 0.337 e. The SMILES string of the molecule is Cc1cc(N2CCN(C(=O)c3cnc4c(n3)C(C)(C)CN4c3ccc(F)c(F)c3)C(C)(C)C2)nc(C)c1C(=O)O. The van der Waals surface area contributed by atoms with Crippen molar-refractivity contribution in [3.05, 3.63) is 70.3 Å². The number of carboxylic acid groups (broad SMARTS) is 1. The van der Waals surface area contributed by atoms with Gasteiger partial charge in [0.25, 0.3) is 5.91 Å². The Bertz CT molecular complexity index is 1520. The molecule has 0 aliphatic carbocycles. The summed E-state index contributed by atoms with van der Waals surface area (Å²) in [4.78, 5) is 44.8. The number of hydrogen-bond acceptors (Lipinski definition) is 7. The molecule has 2 aromatic heterocycles. The van der Waals surface area contributed by atoms with Gasteiger partial charge in [-0.25, -0.2) is 28.5 Å².